The van der Waals surface area contributed by atoms with E-state index in [4.69, 9.17) is 9.47 Å². The third kappa shape index (κ3) is 32.7. The molecular weight excluding hydrogens is 811 g/mol. The van der Waals surface area contributed by atoms with Crippen molar-refractivity contribution in [3.8, 4) is 0 Å². The molecule has 1 aliphatic heterocycles. The average Bonchev–Trinajstić information content (AvgIpc) is 3.24. The van der Waals surface area contributed by atoms with Crippen LogP contribution in [0.5, 0.6) is 0 Å². The minimum atomic E-state index is -5.07. The first kappa shape index (κ1) is 59.1. The van der Waals surface area contributed by atoms with Crippen LogP contribution in [0.2, 0.25) is 0 Å². The quantitative estimate of drug-likeness (QED) is 0.0252. The maximum atomic E-state index is 13.0. The predicted molar refractivity (Wildman–Crippen MR) is 250 cm³/mol. The third-order valence-corrected chi connectivity index (χ3v) is 13.1. The molecule has 0 aromatic rings. The summed E-state index contributed by atoms with van der Waals surface area (Å²) in [5.74, 6) is -0.227. The molecule has 1 heterocycles. The third-order valence-electron chi connectivity index (χ3n) is 12.7. The minimum absolute atomic E-state index is 0.227. The molecule has 1 amide bonds. The first-order chi connectivity index (χ1) is 30.0. The summed E-state index contributed by atoms with van der Waals surface area (Å²) >= 11 is 0. The predicted octanol–water partition coefficient (Wildman–Crippen LogP) is 10.9. The summed E-state index contributed by atoms with van der Waals surface area (Å²) in [6.45, 7) is 3.46. The Hall–Kier alpha value is -0.900. The molecule has 0 bridgehead atoms. The van der Waals surface area contributed by atoms with Crippen LogP contribution in [0.4, 0.5) is 0 Å². The Bertz CT molecular complexity index is 1120. The maximum Gasteiger partial charge on any atom is 0.397 e. The van der Waals surface area contributed by atoms with Gasteiger partial charge in [-0.15, -0.1) is 0 Å². The summed E-state index contributed by atoms with van der Waals surface area (Å²) in [7, 11) is -5.07. The van der Waals surface area contributed by atoms with Gasteiger partial charge in [-0.2, -0.15) is 8.42 Å². The number of hydrogen-bond donors (Lipinski definition) is 6. The zero-order chi connectivity index (χ0) is 45.5. The number of nitrogens with one attached hydrogen (secondary N) is 1. The van der Waals surface area contributed by atoms with E-state index in [-0.39, 0.29) is 12.5 Å². The summed E-state index contributed by atoms with van der Waals surface area (Å²) in [6, 6.07) is -0.851. The molecule has 0 radical (unpaired) electrons. The number of aliphatic hydroxyl groups is 4. The Kier molecular flexibility index (Phi) is 38.5. The number of amides is 1. The minimum Gasteiger partial charge on any atom is -0.394 e. The lowest BCUT2D eigenvalue weighted by Crippen LogP contribution is -2.61. The van der Waals surface area contributed by atoms with E-state index in [2.05, 4.69) is 23.3 Å². The maximum absolute atomic E-state index is 13.0. The van der Waals surface area contributed by atoms with Crippen LogP contribution in [0.1, 0.15) is 251 Å². The molecule has 0 saturated carbocycles. The highest BCUT2D eigenvalue weighted by Crippen LogP contribution is 2.26. The number of aliphatic hydroxyl groups excluding tert-OH is 4. The first-order valence-corrected chi connectivity index (χ1v) is 27.3. The van der Waals surface area contributed by atoms with Crippen molar-refractivity contribution in [2.24, 2.45) is 0 Å². The topological polar surface area (TPSA) is 192 Å². The van der Waals surface area contributed by atoms with Crippen molar-refractivity contribution < 1.29 is 51.8 Å². The van der Waals surface area contributed by atoms with Crippen LogP contribution in [0.25, 0.3) is 0 Å². The SMILES string of the molecule is CCCCCCCCCCCCCCCCCCCCCCCCCCC(O)C(COC1OC(CO)C(O)C(OS(=O)(=O)O)C1O)NC(=O)CCCCCCCCCCCCC. The monoisotopic (exact) mass is 908 g/mol. The van der Waals surface area contributed by atoms with Crippen LogP contribution in [0, 0.1) is 0 Å². The summed E-state index contributed by atoms with van der Waals surface area (Å²) < 4.78 is 47.7. The average molecular weight is 908 g/mol. The van der Waals surface area contributed by atoms with Crippen molar-refractivity contribution in [1.29, 1.82) is 0 Å². The van der Waals surface area contributed by atoms with Crippen LogP contribution < -0.4 is 5.32 Å². The lowest BCUT2D eigenvalue weighted by molar-refractivity contribution is -0.298. The molecule has 62 heavy (non-hydrogen) atoms. The summed E-state index contributed by atoms with van der Waals surface area (Å²) in [5.41, 5.74) is 0. The molecule has 0 aliphatic carbocycles. The van der Waals surface area contributed by atoms with Crippen LogP contribution in [-0.2, 0) is 28.9 Å². The molecule has 0 aromatic carbocycles. The lowest BCUT2D eigenvalue weighted by atomic mass is 9.99. The molecule has 1 saturated heterocycles. The summed E-state index contributed by atoms with van der Waals surface area (Å²) in [4.78, 5) is 13.0. The van der Waals surface area contributed by atoms with E-state index >= 15 is 0 Å². The molecular formula is C49H97NO11S. The van der Waals surface area contributed by atoms with Gasteiger partial charge in [-0.25, -0.2) is 4.18 Å². The molecule has 6 N–H and O–H groups in total. The van der Waals surface area contributed by atoms with Crippen molar-refractivity contribution in [2.75, 3.05) is 13.2 Å². The van der Waals surface area contributed by atoms with Crippen LogP contribution in [-0.4, -0.2) is 95.4 Å². The second kappa shape index (κ2) is 40.4. The Morgan fingerprint density at radius 3 is 1.29 bits per heavy atom. The highest BCUT2D eigenvalue weighted by molar-refractivity contribution is 7.80. The largest absolute Gasteiger partial charge is 0.397 e. The van der Waals surface area contributed by atoms with Crippen molar-refractivity contribution in [2.45, 2.75) is 294 Å². The molecule has 13 heteroatoms. The number of hydrogen-bond acceptors (Lipinski definition) is 10. The van der Waals surface area contributed by atoms with Gasteiger partial charge in [0.15, 0.2) is 6.29 Å². The van der Waals surface area contributed by atoms with Crippen LogP contribution >= 0.6 is 0 Å². The van der Waals surface area contributed by atoms with Gasteiger partial charge in [-0.3, -0.25) is 9.35 Å². The summed E-state index contributed by atoms with van der Waals surface area (Å²) in [5, 5.41) is 44.9. The van der Waals surface area contributed by atoms with E-state index in [0.29, 0.717) is 12.8 Å². The zero-order valence-corrected chi connectivity index (χ0v) is 40.5. The van der Waals surface area contributed by atoms with Gasteiger partial charge < -0.3 is 35.2 Å². The summed E-state index contributed by atoms with van der Waals surface area (Å²) in [6.07, 6.45) is 35.5. The number of rotatable bonds is 45. The van der Waals surface area contributed by atoms with Crippen LogP contribution in [0.15, 0.2) is 0 Å². The van der Waals surface area contributed by atoms with E-state index in [1.54, 1.807) is 0 Å². The number of carbonyl (C=O) groups excluding carboxylic acids is 1. The van der Waals surface area contributed by atoms with E-state index in [0.717, 1.165) is 51.4 Å². The van der Waals surface area contributed by atoms with Crippen molar-refractivity contribution in [1.82, 2.24) is 5.32 Å². The van der Waals surface area contributed by atoms with Gasteiger partial charge in [-0.05, 0) is 12.8 Å². The van der Waals surface area contributed by atoms with E-state index in [1.165, 1.54) is 173 Å². The van der Waals surface area contributed by atoms with Crippen molar-refractivity contribution >= 4 is 16.3 Å². The standard InChI is InChI=1S/C49H97NO11S/c1-3-5-7-9-11-13-15-16-17-18-19-20-21-22-23-24-25-26-27-29-30-32-34-36-38-43(52)42(50-45(53)39-37-35-33-31-28-14-12-10-8-6-4-2)41-59-49-47(55)48(61-62(56,57)58)46(54)44(40-51)60-49/h42-44,46-49,51-52,54-55H,3-41H2,1-2H3,(H,50,53)(H,56,57,58). The smallest absolute Gasteiger partial charge is 0.394 e. The molecule has 0 spiro atoms. The molecule has 7 atom stereocenters. The molecule has 1 fully saturated rings. The molecule has 370 valence electrons. The Morgan fingerprint density at radius 1 is 0.581 bits per heavy atom. The first-order valence-electron chi connectivity index (χ1n) is 25.9. The number of ether oxygens (including phenoxy) is 2. The molecule has 1 rings (SSSR count). The van der Waals surface area contributed by atoms with Gasteiger partial charge in [0.2, 0.25) is 5.91 Å². The van der Waals surface area contributed by atoms with Crippen molar-refractivity contribution in [3.63, 3.8) is 0 Å². The van der Waals surface area contributed by atoms with Gasteiger partial charge in [0, 0.05) is 6.42 Å². The van der Waals surface area contributed by atoms with Crippen molar-refractivity contribution in [3.05, 3.63) is 0 Å². The number of carbonyl (C=O) groups is 1. The van der Waals surface area contributed by atoms with Gasteiger partial charge in [-0.1, -0.05) is 232 Å². The molecule has 12 nitrogen and oxygen atoms in total. The van der Waals surface area contributed by atoms with Gasteiger partial charge in [0.05, 0.1) is 25.4 Å². The second-order valence-electron chi connectivity index (χ2n) is 18.5. The number of unbranched alkanes of at least 4 members (excludes halogenated alkanes) is 33. The Labute approximate surface area is 379 Å². The van der Waals surface area contributed by atoms with E-state index < -0.39 is 59.9 Å². The van der Waals surface area contributed by atoms with Crippen LogP contribution in [0.3, 0.4) is 0 Å². The molecule has 1 aliphatic rings. The highest BCUT2D eigenvalue weighted by Gasteiger charge is 2.48. The lowest BCUT2D eigenvalue weighted by Gasteiger charge is -2.41. The zero-order valence-electron chi connectivity index (χ0n) is 39.7. The van der Waals surface area contributed by atoms with Gasteiger partial charge in [0.1, 0.15) is 24.4 Å². The second-order valence-corrected chi connectivity index (χ2v) is 19.5. The van der Waals surface area contributed by atoms with E-state index in [1.807, 2.05) is 0 Å². The van der Waals surface area contributed by atoms with E-state index in [9.17, 15) is 38.2 Å². The fourth-order valence-electron chi connectivity index (χ4n) is 8.64. The van der Waals surface area contributed by atoms with Gasteiger partial charge >= 0.3 is 10.4 Å². The fourth-order valence-corrected chi connectivity index (χ4v) is 9.15. The molecule has 7 unspecified atom stereocenters. The highest BCUT2D eigenvalue weighted by atomic mass is 32.3. The Morgan fingerprint density at radius 2 is 0.935 bits per heavy atom. The fraction of sp³-hybridized carbons (Fsp3) is 0.980. The molecule has 0 aromatic heterocycles. The normalized spacial score (nSPS) is 20.4. The Balaban J connectivity index is 2.34. The van der Waals surface area contributed by atoms with Gasteiger partial charge in [0.25, 0.3) is 0 Å².